The minimum absolute atomic E-state index is 0.130. The summed E-state index contributed by atoms with van der Waals surface area (Å²) in [6, 6.07) is 18.8. The maximum absolute atomic E-state index is 4.56. The molecule has 1 atom stereocenters. The first-order chi connectivity index (χ1) is 11.3. The van der Waals surface area contributed by atoms with E-state index < -0.39 is 0 Å². The van der Waals surface area contributed by atoms with Crippen LogP contribution in [0, 0.1) is 6.92 Å². The van der Waals surface area contributed by atoms with Crippen molar-refractivity contribution >= 4 is 22.9 Å². The number of anilines is 4. The van der Waals surface area contributed by atoms with E-state index >= 15 is 0 Å². The van der Waals surface area contributed by atoms with Crippen LogP contribution < -0.4 is 9.80 Å². The Balaban J connectivity index is 1.89. The van der Waals surface area contributed by atoms with Gasteiger partial charge in [0.05, 0.1) is 6.20 Å². The monoisotopic (exact) mass is 302 g/mol. The number of para-hydroxylation sites is 2. The Hall–Kier alpha value is -2.88. The Bertz CT molecular complexity index is 832. The number of hydrogen-bond acceptors (Lipinski definition) is 4. The van der Waals surface area contributed by atoms with Gasteiger partial charge in [-0.25, -0.2) is 9.97 Å². The second-order valence-electron chi connectivity index (χ2n) is 5.73. The van der Waals surface area contributed by atoms with E-state index in [0.29, 0.717) is 0 Å². The summed E-state index contributed by atoms with van der Waals surface area (Å²) in [6.07, 6.45) is 3.64. The van der Waals surface area contributed by atoms with E-state index in [-0.39, 0.29) is 6.17 Å². The molecule has 0 N–H and O–H groups in total. The largest absolute Gasteiger partial charge is 0.316 e. The van der Waals surface area contributed by atoms with E-state index in [0.717, 1.165) is 17.2 Å². The van der Waals surface area contributed by atoms with Crippen LogP contribution in [-0.2, 0) is 0 Å². The Morgan fingerprint density at radius 2 is 1.61 bits per heavy atom. The van der Waals surface area contributed by atoms with Gasteiger partial charge in [0.15, 0.2) is 5.82 Å². The molecule has 1 aliphatic heterocycles. The van der Waals surface area contributed by atoms with Gasteiger partial charge in [-0.3, -0.25) is 0 Å². The van der Waals surface area contributed by atoms with Crippen LogP contribution in [0.25, 0.3) is 0 Å². The van der Waals surface area contributed by atoms with E-state index in [4.69, 9.17) is 0 Å². The lowest BCUT2D eigenvalue weighted by Gasteiger charge is -2.30. The summed E-state index contributed by atoms with van der Waals surface area (Å²) >= 11 is 0. The molecule has 2 aromatic carbocycles. The van der Waals surface area contributed by atoms with Gasteiger partial charge in [0.1, 0.15) is 18.2 Å². The second kappa shape index (κ2) is 5.39. The van der Waals surface area contributed by atoms with Crippen LogP contribution >= 0.6 is 0 Å². The number of aryl methyl sites for hydroxylation is 1. The summed E-state index contributed by atoms with van der Waals surface area (Å²) in [5.74, 6) is 0.950. The van der Waals surface area contributed by atoms with Gasteiger partial charge >= 0.3 is 0 Å². The van der Waals surface area contributed by atoms with Crippen LogP contribution in [0.2, 0.25) is 0 Å². The first-order valence-corrected chi connectivity index (χ1v) is 7.76. The molecule has 4 nitrogen and oxygen atoms in total. The van der Waals surface area contributed by atoms with Crippen LogP contribution in [0.4, 0.5) is 22.9 Å². The Labute approximate surface area is 136 Å². The summed E-state index contributed by atoms with van der Waals surface area (Å²) in [4.78, 5) is 13.4. The van der Waals surface area contributed by atoms with Gasteiger partial charge < -0.3 is 9.80 Å². The van der Waals surface area contributed by atoms with Gasteiger partial charge in [0.25, 0.3) is 0 Å². The highest BCUT2D eigenvalue weighted by atomic mass is 15.4. The highest BCUT2D eigenvalue weighted by molar-refractivity contribution is 5.85. The number of nitrogens with zero attached hydrogens (tertiary/aromatic N) is 4. The molecule has 4 rings (SSSR count). The van der Waals surface area contributed by atoms with Crippen LogP contribution in [0.1, 0.15) is 12.5 Å². The van der Waals surface area contributed by atoms with Gasteiger partial charge in [-0.15, -0.1) is 0 Å². The standard InChI is InChI=1S/C19H18N4/c1-14-8-6-7-11-17(14)23-15(2)22(16-9-4-3-5-10-16)18-12-20-13-21-19(18)23/h3-13,15H,1-2H3/t15-/m0/s1. The fraction of sp³-hybridized carbons (Fsp3) is 0.158. The molecule has 4 heteroatoms. The molecule has 2 heterocycles. The zero-order valence-electron chi connectivity index (χ0n) is 13.2. The van der Waals surface area contributed by atoms with Crippen LogP contribution in [0.3, 0.4) is 0 Å². The zero-order chi connectivity index (χ0) is 15.8. The maximum Gasteiger partial charge on any atom is 0.162 e. The third kappa shape index (κ3) is 2.14. The summed E-state index contributed by atoms with van der Waals surface area (Å²) in [7, 11) is 0. The van der Waals surface area contributed by atoms with Crippen molar-refractivity contribution in [3.05, 3.63) is 72.7 Å². The number of benzene rings is 2. The molecular formula is C19H18N4. The predicted octanol–water partition coefficient (Wildman–Crippen LogP) is 4.42. The van der Waals surface area contributed by atoms with Crippen molar-refractivity contribution in [2.24, 2.45) is 0 Å². The molecule has 23 heavy (non-hydrogen) atoms. The molecule has 0 spiro atoms. The molecule has 114 valence electrons. The first-order valence-electron chi connectivity index (χ1n) is 7.76. The molecule has 0 amide bonds. The lowest BCUT2D eigenvalue weighted by Crippen LogP contribution is -2.35. The number of rotatable bonds is 2. The van der Waals surface area contributed by atoms with Crippen molar-refractivity contribution in [1.29, 1.82) is 0 Å². The molecule has 0 saturated carbocycles. The summed E-state index contributed by atoms with van der Waals surface area (Å²) in [5.41, 5.74) is 4.60. The lowest BCUT2D eigenvalue weighted by molar-refractivity contribution is 0.755. The third-order valence-electron chi connectivity index (χ3n) is 4.32. The second-order valence-corrected chi connectivity index (χ2v) is 5.73. The number of hydrogen-bond donors (Lipinski definition) is 0. The van der Waals surface area contributed by atoms with Crippen molar-refractivity contribution in [3.63, 3.8) is 0 Å². The molecule has 1 aromatic heterocycles. The fourth-order valence-corrected chi connectivity index (χ4v) is 3.26. The van der Waals surface area contributed by atoms with E-state index in [1.807, 2.05) is 12.3 Å². The third-order valence-corrected chi connectivity index (χ3v) is 4.32. The molecule has 0 bridgehead atoms. The van der Waals surface area contributed by atoms with Crippen molar-refractivity contribution in [2.45, 2.75) is 20.0 Å². The normalized spacial score (nSPS) is 16.5. The van der Waals surface area contributed by atoms with Gasteiger partial charge in [-0.2, -0.15) is 0 Å². The quantitative estimate of drug-likeness (QED) is 0.701. The van der Waals surface area contributed by atoms with E-state index in [2.05, 4.69) is 82.1 Å². The van der Waals surface area contributed by atoms with Crippen molar-refractivity contribution in [3.8, 4) is 0 Å². The number of fused-ring (bicyclic) bond motifs is 1. The van der Waals surface area contributed by atoms with Gasteiger partial charge in [-0.1, -0.05) is 36.4 Å². The zero-order valence-corrected chi connectivity index (χ0v) is 13.2. The minimum atomic E-state index is 0.130. The van der Waals surface area contributed by atoms with Crippen molar-refractivity contribution in [2.75, 3.05) is 9.80 Å². The van der Waals surface area contributed by atoms with Crippen LogP contribution in [0.15, 0.2) is 67.1 Å². The van der Waals surface area contributed by atoms with E-state index in [1.165, 1.54) is 11.3 Å². The minimum Gasteiger partial charge on any atom is -0.316 e. The summed E-state index contributed by atoms with van der Waals surface area (Å²) in [5, 5.41) is 0. The van der Waals surface area contributed by atoms with Gasteiger partial charge in [0.2, 0.25) is 0 Å². The smallest absolute Gasteiger partial charge is 0.162 e. The molecule has 1 aliphatic rings. The molecular weight excluding hydrogens is 284 g/mol. The molecule has 0 unspecified atom stereocenters. The summed E-state index contributed by atoms with van der Waals surface area (Å²) < 4.78 is 0. The highest BCUT2D eigenvalue weighted by Crippen LogP contribution is 2.46. The highest BCUT2D eigenvalue weighted by Gasteiger charge is 2.36. The van der Waals surface area contributed by atoms with Crippen molar-refractivity contribution < 1.29 is 0 Å². The molecule has 3 aromatic rings. The SMILES string of the molecule is Cc1ccccc1N1c2ncncc2N(c2ccccc2)[C@@H]1C. The Morgan fingerprint density at radius 3 is 2.39 bits per heavy atom. The lowest BCUT2D eigenvalue weighted by atomic mass is 10.2. The summed E-state index contributed by atoms with van der Waals surface area (Å²) in [6.45, 7) is 4.33. The average Bonchev–Trinajstić information content (AvgIpc) is 2.88. The number of aromatic nitrogens is 2. The van der Waals surface area contributed by atoms with Gasteiger partial charge in [0, 0.05) is 11.4 Å². The predicted molar refractivity (Wildman–Crippen MR) is 93.4 cm³/mol. The molecule has 0 fully saturated rings. The van der Waals surface area contributed by atoms with E-state index in [1.54, 1.807) is 6.33 Å². The maximum atomic E-state index is 4.56. The van der Waals surface area contributed by atoms with Crippen molar-refractivity contribution in [1.82, 2.24) is 9.97 Å². The van der Waals surface area contributed by atoms with Crippen LogP contribution in [0.5, 0.6) is 0 Å². The first kappa shape index (κ1) is 13.8. The molecule has 0 radical (unpaired) electrons. The van der Waals surface area contributed by atoms with E-state index in [9.17, 15) is 0 Å². The molecule has 0 aliphatic carbocycles. The average molecular weight is 302 g/mol. The fourth-order valence-electron chi connectivity index (χ4n) is 3.26. The Morgan fingerprint density at radius 1 is 0.870 bits per heavy atom. The topological polar surface area (TPSA) is 32.3 Å². The molecule has 0 saturated heterocycles. The van der Waals surface area contributed by atoms with Gasteiger partial charge in [-0.05, 0) is 37.6 Å². The van der Waals surface area contributed by atoms with Crippen LogP contribution in [-0.4, -0.2) is 16.1 Å². The Kier molecular flexibility index (Phi) is 3.23.